The first kappa shape index (κ1) is 22.0. The fraction of sp³-hybridized carbons (Fsp3) is 0.280. The van der Waals surface area contributed by atoms with Crippen molar-refractivity contribution in [3.63, 3.8) is 0 Å². The maximum absolute atomic E-state index is 13.9. The summed E-state index contributed by atoms with van der Waals surface area (Å²) in [5.74, 6) is -0.676. The summed E-state index contributed by atoms with van der Waals surface area (Å²) in [4.78, 5) is 32.0. The van der Waals surface area contributed by atoms with Crippen LogP contribution in [0.2, 0.25) is 0 Å². The molecule has 0 atom stereocenters. The van der Waals surface area contributed by atoms with Gasteiger partial charge in [0.05, 0.1) is 24.0 Å². The highest BCUT2D eigenvalue weighted by atomic mass is 19.1. The molecule has 0 aliphatic carbocycles. The smallest absolute Gasteiger partial charge is 0.264 e. The lowest BCUT2D eigenvalue weighted by atomic mass is 9.90. The molecule has 174 valence electrons. The molecule has 1 aliphatic heterocycles. The topological polar surface area (TPSA) is 93.2 Å². The first-order valence-electron chi connectivity index (χ1n) is 11.1. The predicted molar refractivity (Wildman–Crippen MR) is 124 cm³/mol. The number of likely N-dealkylation sites (tertiary alicyclic amines) is 1. The molecule has 5 rings (SSSR count). The number of carbonyl (C=O) groups excluding carboxylic acids is 1. The monoisotopic (exact) mass is 461 g/mol. The van der Waals surface area contributed by atoms with Crippen molar-refractivity contribution in [2.45, 2.75) is 31.9 Å². The molecule has 0 spiro atoms. The molecule has 8 nitrogen and oxygen atoms in total. The van der Waals surface area contributed by atoms with Crippen LogP contribution in [0.15, 0.2) is 65.8 Å². The molecule has 1 aliphatic rings. The average Bonchev–Trinajstić information content (AvgIpc) is 3.28. The Morgan fingerprint density at radius 1 is 1.12 bits per heavy atom. The van der Waals surface area contributed by atoms with Gasteiger partial charge < -0.3 is 10.0 Å². The first-order valence-corrected chi connectivity index (χ1v) is 11.1. The van der Waals surface area contributed by atoms with Crippen molar-refractivity contribution in [2.24, 2.45) is 0 Å². The van der Waals surface area contributed by atoms with E-state index >= 15 is 0 Å². The van der Waals surface area contributed by atoms with Gasteiger partial charge in [-0.15, -0.1) is 0 Å². The Morgan fingerprint density at radius 3 is 2.59 bits per heavy atom. The van der Waals surface area contributed by atoms with Crippen LogP contribution in [-0.2, 0) is 6.54 Å². The number of para-hydroxylation sites is 1. The third kappa shape index (κ3) is 3.88. The van der Waals surface area contributed by atoms with E-state index in [9.17, 15) is 19.1 Å². The zero-order valence-electron chi connectivity index (χ0n) is 18.7. The van der Waals surface area contributed by atoms with Gasteiger partial charge in [0.15, 0.2) is 5.65 Å². The number of benzene rings is 2. The van der Waals surface area contributed by atoms with Gasteiger partial charge in [-0.05, 0) is 49.6 Å². The molecule has 0 radical (unpaired) electrons. The molecule has 0 saturated carbocycles. The van der Waals surface area contributed by atoms with E-state index in [2.05, 4.69) is 10.1 Å². The molecular weight excluding hydrogens is 437 g/mol. The molecule has 0 bridgehead atoms. The molecule has 2 aromatic heterocycles. The van der Waals surface area contributed by atoms with Gasteiger partial charge in [-0.1, -0.05) is 24.3 Å². The standard InChI is InChI=1S/C25H24FN5O3/c1-17-19(8-5-9-21(17)26)23(32)29-12-10-25(34,11-13-29)15-30-16-27-22-20(24(30)33)14-28-31(22)18-6-3-2-4-7-18/h2-9,14,16,34H,10-13,15H2,1H3. The van der Waals surface area contributed by atoms with E-state index in [1.165, 1.54) is 29.2 Å². The van der Waals surface area contributed by atoms with Gasteiger partial charge in [0.1, 0.15) is 17.5 Å². The second kappa shape index (κ2) is 8.49. The highest BCUT2D eigenvalue weighted by molar-refractivity contribution is 5.95. The molecule has 4 aromatic rings. The lowest BCUT2D eigenvalue weighted by Gasteiger charge is -2.38. The summed E-state index contributed by atoms with van der Waals surface area (Å²) >= 11 is 0. The Hall–Kier alpha value is -3.85. The molecule has 1 amide bonds. The van der Waals surface area contributed by atoms with E-state index in [0.29, 0.717) is 48.1 Å². The second-order valence-corrected chi connectivity index (χ2v) is 8.74. The van der Waals surface area contributed by atoms with Crippen LogP contribution in [0.4, 0.5) is 4.39 Å². The van der Waals surface area contributed by atoms with Gasteiger partial charge in [0, 0.05) is 18.7 Å². The zero-order valence-corrected chi connectivity index (χ0v) is 18.7. The number of fused-ring (bicyclic) bond motifs is 1. The SMILES string of the molecule is Cc1c(F)cccc1C(=O)N1CCC(O)(Cn2cnc3c(cnn3-c3ccccc3)c2=O)CC1. The number of hydrogen-bond acceptors (Lipinski definition) is 5. The lowest BCUT2D eigenvalue weighted by Crippen LogP contribution is -2.49. The molecule has 1 saturated heterocycles. The number of carbonyl (C=O) groups is 1. The minimum absolute atomic E-state index is 0.0618. The van der Waals surface area contributed by atoms with Crippen LogP contribution in [-0.4, -0.2) is 53.9 Å². The maximum atomic E-state index is 13.9. The molecule has 9 heteroatoms. The van der Waals surface area contributed by atoms with Gasteiger partial charge in [-0.3, -0.25) is 14.2 Å². The predicted octanol–water partition coefficient (Wildman–Crippen LogP) is 2.70. The zero-order chi connectivity index (χ0) is 23.9. The van der Waals surface area contributed by atoms with E-state index in [4.69, 9.17) is 0 Å². The highest BCUT2D eigenvalue weighted by Gasteiger charge is 2.35. The summed E-state index contributed by atoms with van der Waals surface area (Å²) in [5, 5.41) is 15.8. The number of piperidine rings is 1. The Kier molecular flexibility index (Phi) is 5.49. The van der Waals surface area contributed by atoms with Crippen LogP contribution in [0.5, 0.6) is 0 Å². The quantitative estimate of drug-likeness (QED) is 0.505. The maximum Gasteiger partial charge on any atom is 0.264 e. The highest BCUT2D eigenvalue weighted by Crippen LogP contribution is 2.26. The van der Waals surface area contributed by atoms with E-state index in [1.807, 2.05) is 30.3 Å². The average molecular weight is 461 g/mol. The van der Waals surface area contributed by atoms with E-state index < -0.39 is 11.4 Å². The Labute approximate surface area is 194 Å². The van der Waals surface area contributed by atoms with Crippen LogP contribution >= 0.6 is 0 Å². The Morgan fingerprint density at radius 2 is 1.85 bits per heavy atom. The Bertz CT molecular complexity index is 1420. The third-order valence-corrected chi connectivity index (χ3v) is 6.50. The normalized spacial score (nSPS) is 15.6. The van der Waals surface area contributed by atoms with Gasteiger partial charge in [0.25, 0.3) is 11.5 Å². The molecule has 1 fully saturated rings. The first-order chi connectivity index (χ1) is 16.4. The number of nitrogens with zero attached hydrogens (tertiary/aromatic N) is 5. The van der Waals surface area contributed by atoms with Crippen molar-refractivity contribution in [3.8, 4) is 5.69 Å². The van der Waals surface area contributed by atoms with Gasteiger partial charge in [0.2, 0.25) is 0 Å². The van der Waals surface area contributed by atoms with Crippen LogP contribution in [0.3, 0.4) is 0 Å². The van der Waals surface area contributed by atoms with Crippen molar-refractivity contribution in [1.82, 2.24) is 24.2 Å². The van der Waals surface area contributed by atoms with Gasteiger partial charge in [-0.25, -0.2) is 14.1 Å². The minimum Gasteiger partial charge on any atom is -0.388 e. The number of aromatic nitrogens is 4. The molecule has 1 N–H and O–H groups in total. The van der Waals surface area contributed by atoms with Crippen molar-refractivity contribution in [3.05, 3.63) is 88.4 Å². The van der Waals surface area contributed by atoms with Crippen molar-refractivity contribution < 1.29 is 14.3 Å². The lowest BCUT2D eigenvalue weighted by molar-refractivity contribution is -0.0299. The molecule has 3 heterocycles. The fourth-order valence-corrected chi connectivity index (χ4v) is 4.43. The number of aliphatic hydroxyl groups is 1. The van der Waals surface area contributed by atoms with Gasteiger partial charge >= 0.3 is 0 Å². The molecule has 0 unspecified atom stereocenters. The van der Waals surface area contributed by atoms with E-state index in [1.54, 1.807) is 22.6 Å². The van der Waals surface area contributed by atoms with Crippen molar-refractivity contribution >= 4 is 16.9 Å². The summed E-state index contributed by atoms with van der Waals surface area (Å²) < 4.78 is 16.9. The van der Waals surface area contributed by atoms with Crippen LogP contribution in [0.1, 0.15) is 28.8 Å². The summed E-state index contributed by atoms with van der Waals surface area (Å²) in [6, 6.07) is 13.9. The van der Waals surface area contributed by atoms with E-state index in [-0.39, 0.29) is 18.0 Å². The fourth-order valence-electron chi connectivity index (χ4n) is 4.43. The number of amides is 1. The van der Waals surface area contributed by atoms with E-state index in [0.717, 1.165) is 5.69 Å². The number of rotatable bonds is 4. The number of hydrogen-bond donors (Lipinski definition) is 1. The van der Waals surface area contributed by atoms with Crippen molar-refractivity contribution in [1.29, 1.82) is 0 Å². The van der Waals surface area contributed by atoms with Crippen LogP contribution < -0.4 is 5.56 Å². The molecular formula is C25H24FN5O3. The number of halogens is 1. The molecule has 2 aromatic carbocycles. The summed E-state index contributed by atoms with van der Waals surface area (Å²) in [5.41, 5.74) is 0.441. The largest absolute Gasteiger partial charge is 0.388 e. The summed E-state index contributed by atoms with van der Waals surface area (Å²) in [6.45, 7) is 2.26. The third-order valence-electron chi connectivity index (χ3n) is 6.50. The van der Waals surface area contributed by atoms with Crippen LogP contribution in [0.25, 0.3) is 16.7 Å². The summed E-state index contributed by atoms with van der Waals surface area (Å²) in [6.07, 6.45) is 3.50. The summed E-state index contributed by atoms with van der Waals surface area (Å²) in [7, 11) is 0. The molecule has 34 heavy (non-hydrogen) atoms. The van der Waals surface area contributed by atoms with Gasteiger partial charge in [-0.2, -0.15) is 5.10 Å². The van der Waals surface area contributed by atoms with Crippen LogP contribution in [0, 0.1) is 12.7 Å². The minimum atomic E-state index is -1.16. The Balaban J connectivity index is 1.33. The van der Waals surface area contributed by atoms with Crippen molar-refractivity contribution in [2.75, 3.05) is 13.1 Å². The second-order valence-electron chi connectivity index (χ2n) is 8.74.